The van der Waals surface area contributed by atoms with Crippen molar-refractivity contribution in [1.82, 2.24) is 19.8 Å². The van der Waals surface area contributed by atoms with Crippen LogP contribution in [-0.2, 0) is 11.3 Å². The quantitative estimate of drug-likeness (QED) is 0.434. The molecule has 0 aromatic carbocycles. The van der Waals surface area contributed by atoms with Crippen molar-refractivity contribution in [1.29, 1.82) is 5.26 Å². The molecule has 0 bridgehead atoms. The maximum absolute atomic E-state index is 13.2. The van der Waals surface area contributed by atoms with Crippen LogP contribution in [0.15, 0.2) is 10.9 Å². The molecule has 0 atom stereocenters. The number of nitrogens with one attached hydrogen (secondary N) is 2. The smallest absolute Gasteiger partial charge is 0.378 e. The Kier molecular flexibility index (Phi) is 6.46. The van der Waals surface area contributed by atoms with Gasteiger partial charge in [0.05, 0.1) is 23.9 Å². The van der Waals surface area contributed by atoms with Crippen molar-refractivity contribution in [2.24, 2.45) is 11.8 Å². The van der Waals surface area contributed by atoms with Gasteiger partial charge in [-0.2, -0.15) is 9.83 Å². The normalized spacial score (nSPS) is 17.0. The van der Waals surface area contributed by atoms with E-state index in [2.05, 4.69) is 16.5 Å². The number of rotatable bonds is 6. The number of hydrogen-bond donors (Lipinski definition) is 3. The Morgan fingerprint density at radius 3 is 2.56 bits per heavy atom. The van der Waals surface area contributed by atoms with Gasteiger partial charge in [0.25, 0.3) is 5.91 Å². The minimum atomic E-state index is -0.640. The molecule has 3 heterocycles. The molecule has 10 heteroatoms. The van der Waals surface area contributed by atoms with Gasteiger partial charge in [-0.3, -0.25) is 9.59 Å². The number of fused-ring (bicyclic) bond motifs is 1. The molecule has 2 aromatic heterocycles. The minimum absolute atomic E-state index is 0.0138. The zero-order chi connectivity index (χ0) is 24.6. The molecule has 10 nitrogen and oxygen atoms in total. The Morgan fingerprint density at radius 1 is 1.29 bits per heavy atom. The second-order valence-electron chi connectivity index (χ2n) is 9.63. The van der Waals surface area contributed by atoms with E-state index in [-0.39, 0.29) is 35.2 Å². The average molecular weight is 468 g/mol. The van der Waals surface area contributed by atoms with Crippen LogP contribution >= 0.6 is 0 Å². The minimum Gasteiger partial charge on any atom is -0.477 e. The highest BCUT2D eigenvalue weighted by atomic mass is 16.3. The van der Waals surface area contributed by atoms with E-state index in [1.54, 1.807) is 22.5 Å². The van der Waals surface area contributed by atoms with Crippen LogP contribution in [0.25, 0.3) is 11.7 Å². The lowest BCUT2D eigenvalue weighted by Crippen LogP contribution is -2.46. The summed E-state index contributed by atoms with van der Waals surface area (Å²) in [4.78, 5) is 40.4. The van der Waals surface area contributed by atoms with Gasteiger partial charge >= 0.3 is 17.1 Å². The number of hydrogen-bond acceptors (Lipinski definition) is 5. The summed E-state index contributed by atoms with van der Waals surface area (Å²) in [6.07, 6.45) is 6.14. The maximum atomic E-state index is 13.2. The van der Waals surface area contributed by atoms with Crippen LogP contribution in [0.1, 0.15) is 61.1 Å². The molecule has 3 N–H and O–H groups in total. The van der Waals surface area contributed by atoms with Crippen LogP contribution < -0.4 is 15.4 Å². The van der Waals surface area contributed by atoms with Crippen molar-refractivity contribution < 1.29 is 19.3 Å². The highest BCUT2D eigenvalue weighted by Gasteiger charge is 2.35. The van der Waals surface area contributed by atoms with Crippen LogP contribution in [0.2, 0.25) is 0 Å². The van der Waals surface area contributed by atoms with Crippen LogP contribution in [0.5, 0.6) is 5.88 Å². The van der Waals surface area contributed by atoms with Gasteiger partial charge in [0, 0.05) is 31.1 Å². The number of amides is 2. The number of nitrogens with zero attached hydrogens (tertiary/aromatic N) is 4. The molecule has 2 aliphatic rings. The first-order valence-corrected chi connectivity index (χ1v) is 11.8. The lowest BCUT2D eigenvalue weighted by molar-refractivity contribution is -0.686. The average Bonchev–Trinajstić information content (AvgIpc) is 3.55. The van der Waals surface area contributed by atoms with E-state index in [1.165, 1.54) is 10.6 Å². The van der Waals surface area contributed by atoms with Crippen molar-refractivity contribution in [2.45, 2.75) is 59.0 Å². The van der Waals surface area contributed by atoms with Gasteiger partial charge in [-0.1, -0.05) is 18.4 Å². The topological polar surface area (TPSA) is 135 Å². The van der Waals surface area contributed by atoms with Gasteiger partial charge in [0.2, 0.25) is 11.5 Å². The van der Waals surface area contributed by atoms with Crippen molar-refractivity contribution in [3.63, 3.8) is 0 Å². The molecule has 1 saturated carbocycles. The van der Waals surface area contributed by atoms with E-state index < -0.39 is 11.5 Å². The molecule has 0 unspecified atom stereocenters. The van der Waals surface area contributed by atoms with Gasteiger partial charge < -0.3 is 15.3 Å². The lowest BCUT2D eigenvalue weighted by atomic mass is 9.98. The predicted molar refractivity (Wildman–Crippen MR) is 124 cm³/mol. The second kappa shape index (κ2) is 9.33. The van der Waals surface area contributed by atoms with Gasteiger partial charge in [0.1, 0.15) is 0 Å². The first-order chi connectivity index (χ1) is 16.2. The number of carbonyl (C=O) groups excluding carboxylic acids is 2. The summed E-state index contributed by atoms with van der Waals surface area (Å²) in [5.41, 5.74) is 0.670. The largest absolute Gasteiger partial charge is 0.477 e. The molecular formula is C24H31N6O4+. The highest BCUT2D eigenvalue weighted by molar-refractivity contribution is 5.96. The van der Waals surface area contributed by atoms with Crippen molar-refractivity contribution in [3.8, 4) is 11.9 Å². The van der Waals surface area contributed by atoms with Crippen LogP contribution in [-0.4, -0.2) is 50.6 Å². The Bertz CT molecular complexity index is 1250. The van der Waals surface area contributed by atoms with E-state index in [0.717, 1.165) is 12.8 Å². The number of aryl methyl sites for hydroxylation is 1. The molecule has 1 aliphatic carbocycles. The number of aromatic hydroxyl groups is 1. The molecule has 0 radical (unpaired) electrons. The van der Waals surface area contributed by atoms with Crippen molar-refractivity contribution in [3.05, 3.63) is 33.3 Å². The van der Waals surface area contributed by atoms with Crippen LogP contribution in [0.4, 0.5) is 0 Å². The van der Waals surface area contributed by atoms with Crippen LogP contribution in [0.3, 0.4) is 0 Å². The molecule has 0 spiro atoms. The second-order valence-corrected chi connectivity index (χ2v) is 9.63. The third kappa shape index (κ3) is 4.55. The number of carbonyl (C=O) groups is 2. The summed E-state index contributed by atoms with van der Waals surface area (Å²) in [7, 11) is 0. The van der Waals surface area contributed by atoms with Gasteiger partial charge in [-0.15, -0.1) is 0 Å². The zero-order valence-corrected chi connectivity index (χ0v) is 19.8. The molecule has 1 saturated heterocycles. The maximum Gasteiger partial charge on any atom is 0.378 e. The fourth-order valence-corrected chi connectivity index (χ4v) is 4.34. The Hall–Kier alpha value is -3.61. The zero-order valence-electron chi connectivity index (χ0n) is 19.8. The van der Waals surface area contributed by atoms with E-state index in [4.69, 9.17) is 5.26 Å². The number of aromatic amines is 1. The van der Waals surface area contributed by atoms with Crippen molar-refractivity contribution >= 4 is 23.5 Å². The van der Waals surface area contributed by atoms with E-state index in [9.17, 15) is 19.5 Å². The summed E-state index contributed by atoms with van der Waals surface area (Å²) in [5.74, 6) is -1.03. The van der Waals surface area contributed by atoms with Crippen LogP contribution in [0, 0.1) is 30.1 Å². The third-order valence-electron chi connectivity index (χ3n) is 6.36. The molecule has 4 rings (SSSR count). The fourth-order valence-electron chi connectivity index (χ4n) is 4.34. The van der Waals surface area contributed by atoms with Gasteiger partial charge in [-0.25, -0.2) is 9.89 Å². The number of likely N-dealkylation sites (tertiary alicyclic amines) is 1. The molecular weight excluding hydrogens is 436 g/mol. The van der Waals surface area contributed by atoms with E-state index in [1.807, 2.05) is 13.8 Å². The first kappa shape index (κ1) is 23.5. The molecule has 2 aromatic rings. The standard InChI is InChI=1S/C24H30N6O4/c1-14(2)13-29-22-18(6-7-19(31)28-10-8-16(12-25)9-11-28)15(3)27-30(22)24(34)20(23(29)33)21(32)26-17-4-5-17/h6-7,14,16-17H,4-5,8-11,13H2,1-3H3,(H2,26,32,33,34)/p+1/b7-6+. The third-order valence-corrected chi connectivity index (χ3v) is 6.36. The molecule has 2 fully saturated rings. The van der Waals surface area contributed by atoms with E-state index in [0.29, 0.717) is 49.4 Å². The lowest BCUT2D eigenvalue weighted by Gasteiger charge is -2.28. The summed E-state index contributed by atoms with van der Waals surface area (Å²) in [6, 6.07) is 2.30. The molecule has 1 aliphatic heterocycles. The Balaban J connectivity index is 1.74. The summed E-state index contributed by atoms with van der Waals surface area (Å²) in [5, 5.41) is 25.9. The monoisotopic (exact) mass is 467 g/mol. The first-order valence-electron chi connectivity index (χ1n) is 11.8. The molecule has 34 heavy (non-hydrogen) atoms. The Morgan fingerprint density at radius 2 is 1.97 bits per heavy atom. The predicted octanol–water partition coefficient (Wildman–Crippen LogP) is 1.25. The SMILES string of the molecule is Cc1[nH]n2c(=O)c(C(=O)NC3CC3)c(O)[n+](CC(C)C)c2c1/C=C/C(=O)N1CCC(C#N)CC1. The molecule has 180 valence electrons. The summed E-state index contributed by atoms with van der Waals surface area (Å²) in [6.45, 7) is 7.15. The number of H-pyrrole nitrogens is 1. The van der Waals surface area contributed by atoms with Gasteiger partial charge in [-0.05, 0) is 44.6 Å². The van der Waals surface area contributed by atoms with Gasteiger partial charge in [0.15, 0.2) is 0 Å². The number of piperidine rings is 1. The van der Waals surface area contributed by atoms with E-state index >= 15 is 0 Å². The number of nitriles is 1. The molecule has 2 amide bonds. The van der Waals surface area contributed by atoms with Crippen molar-refractivity contribution in [2.75, 3.05) is 13.1 Å². The Labute approximate surface area is 197 Å². The number of aromatic nitrogens is 3. The highest BCUT2D eigenvalue weighted by Crippen LogP contribution is 2.22. The fraction of sp³-hybridized carbons (Fsp3) is 0.542. The summed E-state index contributed by atoms with van der Waals surface area (Å²) >= 11 is 0. The summed E-state index contributed by atoms with van der Waals surface area (Å²) < 4.78 is 2.82.